The fraction of sp³-hybridized carbons (Fsp3) is 0.278. The number of rotatable bonds is 5. The number of aromatic amines is 1. The molecule has 0 unspecified atom stereocenters. The largest absolute Gasteiger partial charge is 0.344 e. The van der Waals surface area contributed by atoms with Crippen LogP contribution in [0.3, 0.4) is 0 Å². The van der Waals surface area contributed by atoms with Gasteiger partial charge in [-0.1, -0.05) is 12.1 Å². The Bertz CT molecular complexity index is 970. The summed E-state index contributed by atoms with van der Waals surface area (Å²) in [7, 11) is 0. The third kappa shape index (κ3) is 3.82. The van der Waals surface area contributed by atoms with Gasteiger partial charge < -0.3 is 15.6 Å². The quantitative estimate of drug-likeness (QED) is 0.577. The number of carbonyl (C=O) groups excluding carboxylic acids is 2. The van der Waals surface area contributed by atoms with E-state index in [1.165, 1.54) is 12.4 Å². The predicted octanol–water partition coefficient (Wildman–Crippen LogP) is 2.36. The Morgan fingerprint density at radius 1 is 1.26 bits per heavy atom. The highest BCUT2D eigenvalue weighted by molar-refractivity contribution is 9.10. The zero-order valence-corrected chi connectivity index (χ0v) is 16.0. The molecule has 1 aromatic carbocycles. The number of hydrogen-bond donors (Lipinski definition) is 3. The molecule has 0 saturated heterocycles. The summed E-state index contributed by atoms with van der Waals surface area (Å²) in [5, 5.41) is 5.38. The van der Waals surface area contributed by atoms with Gasteiger partial charge in [-0.05, 0) is 41.4 Å². The van der Waals surface area contributed by atoms with E-state index in [1.807, 2.05) is 24.3 Å². The molecular weight excluding hydrogens is 412 g/mol. The average Bonchev–Trinajstić information content (AvgIpc) is 3.35. The van der Waals surface area contributed by atoms with Crippen LogP contribution in [0.4, 0.5) is 5.82 Å². The highest BCUT2D eigenvalue weighted by atomic mass is 79.9. The second-order valence-electron chi connectivity index (χ2n) is 6.53. The monoisotopic (exact) mass is 428 g/mol. The third-order valence-corrected chi connectivity index (χ3v) is 4.92. The smallest absolute Gasteiger partial charge is 0.247 e. The van der Waals surface area contributed by atoms with Gasteiger partial charge in [-0.3, -0.25) is 9.59 Å². The van der Waals surface area contributed by atoms with E-state index in [2.05, 4.69) is 46.5 Å². The Balaban J connectivity index is 1.33. The Labute approximate surface area is 163 Å². The summed E-state index contributed by atoms with van der Waals surface area (Å²) in [5.74, 6) is 0.540. The molecule has 2 aromatic heterocycles. The van der Waals surface area contributed by atoms with Gasteiger partial charge in [0.1, 0.15) is 16.5 Å². The summed E-state index contributed by atoms with van der Waals surface area (Å²) in [6.45, 7) is 1.64. The Morgan fingerprint density at radius 2 is 2.07 bits per heavy atom. The lowest BCUT2D eigenvalue weighted by Crippen LogP contribution is -2.42. The molecular formula is C18H17BrN6O2. The van der Waals surface area contributed by atoms with Crippen molar-refractivity contribution in [1.29, 1.82) is 0 Å². The number of fused-ring (bicyclic) bond motifs is 1. The molecule has 1 aliphatic rings. The predicted molar refractivity (Wildman–Crippen MR) is 103 cm³/mol. The van der Waals surface area contributed by atoms with Crippen molar-refractivity contribution in [3.63, 3.8) is 0 Å². The van der Waals surface area contributed by atoms with Gasteiger partial charge in [0.15, 0.2) is 5.82 Å². The van der Waals surface area contributed by atoms with Crippen LogP contribution in [-0.4, -0.2) is 37.8 Å². The van der Waals surface area contributed by atoms with E-state index in [9.17, 15) is 9.59 Å². The van der Waals surface area contributed by atoms with E-state index in [0.717, 1.165) is 23.3 Å². The van der Waals surface area contributed by atoms with Crippen LogP contribution in [0.5, 0.6) is 0 Å². The highest BCUT2D eigenvalue weighted by Crippen LogP contribution is 2.46. The topological polar surface area (TPSA) is 113 Å². The minimum atomic E-state index is -0.681. The van der Waals surface area contributed by atoms with Gasteiger partial charge in [0, 0.05) is 11.8 Å². The summed E-state index contributed by atoms with van der Waals surface area (Å²) in [6.07, 6.45) is 3.65. The van der Waals surface area contributed by atoms with E-state index < -0.39 is 6.04 Å². The number of nitrogens with one attached hydrogen (secondary N) is 3. The number of amides is 2. The van der Waals surface area contributed by atoms with E-state index in [0.29, 0.717) is 10.4 Å². The highest BCUT2D eigenvalue weighted by Gasteiger charge is 2.46. The van der Waals surface area contributed by atoms with Crippen LogP contribution in [-0.2, 0) is 9.59 Å². The van der Waals surface area contributed by atoms with E-state index >= 15 is 0 Å². The van der Waals surface area contributed by atoms with Crippen LogP contribution in [0.15, 0.2) is 41.3 Å². The fourth-order valence-electron chi connectivity index (χ4n) is 2.93. The minimum absolute atomic E-state index is 0.0602. The van der Waals surface area contributed by atoms with Crippen LogP contribution in [0.25, 0.3) is 11.0 Å². The molecule has 3 atom stereocenters. The van der Waals surface area contributed by atoms with Crippen molar-refractivity contribution in [3.05, 3.63) is 47.1 Å². The molecule has 0 radical (unpaired) electrons. The molecule has 1 saturated carbocycles. The van der Waals surface area contributed by atoms with Crippen molar-refractivity contribution in [1.82, 2.24) is 25.3 Å². The molecule has 27 heavy (non-hydrogen) atoms. The molecule has 0 spiro atoms. The first-order valence-corrected chi connectivity index (χ1v) is 9.34. The van der Waals surface area contributed by atoms with Crippen LogP contribution in [0.1, 0.15) is 25.1 Å². The van der Waals surface area contributed by atoms with Gasteiger partial charge in [-0.2, -0.15) is 0 Å². The number of para-hydroxylation sites is 2. The second kappa shape index (κ2) is 7.07. The molecule has 138 valence electrons. The maximum atomic E-state index is 12.4. The van der Waals surface area contributed by atoms with Crippen molar-refractivity contribution in [2.75, 3.05) is 5.32 Å². The van der Waals surface area contributed by atoms with E-state index in [4.69, 9.17) is 0 Å². The van der Waals surface area contributed by atoms with Gasteiger partial charge in [0.2, 0.25) is 11.8 Å². The molecule has 8 nitrogen and oxygen atoms in total. The number of imidazole rings is 1. The molecule has 1 fully saturated rings. The number of nitrogens with zero attached hydrogens (tertiary/aromatic N) is 3. The molecule has 1 aliphatic carbocycles. The van der Waals surface area contributed by atoms with Gasteiger partial charge in [0.05, 0.1) is 23.4 Å². The van der Waals surface area contributed by atoms with Crippen molar-refractivity contribution in [2.24, 2.45) is 5.92 Å². The van der Waals surface area contributed by atoms with Gasteiger partial charge in [-0.15, -0.1) is 0 Å². The lowest BCUT2D eigenvalue weighted by Gasteiger charge is -2.13. The van der Waals surface area contributed by atoms with Gasteiger partial charge >= 0.3 is 0 Å². The van der Waals surface area contributed by atoms with Gasteiger partial charge in [0.25, 0.3) is 0 Å². The number of hydrogen-bond acceptors (Lipinski definition) is 5. The average molecular weight is 429 g/mol. The number of benzene rings is 1. The van der Waals surface area contributed by atoms with E-state index in [1.54, 1.807) is 6.92 Å². The molecule has 3 N–H and O–H groups in total. The zero-order valence-electron chi connectivity index (χ0n) is 14.4. The first-order valence-electron chi connectivity index (χ1n) is 8.54. The maximum Gasteiger partial charge on any atom is 0.247 e. The molecule has 4 rings (SSSR count). The summed E-state index contributed by atoms with van der Waals surface area (Å²) >= 11 is 3.18. The molecule has 0 bridgehead atoms. The molecule has 0 aliphatic heterocycles. The molecule has 2 heterocycles. The van der Waals surface area contributed by atoms with Crippen molar-refractivity contribution >= 4 is 44.6 Å². The first kappa shape index (κ1) is 17.6. The Hall–Kier alpha value is -2.81. The number of H-pyrrole nitrogens is 1. The Kier molecular flexibility index (Phi) is 4.61. The van der Waals surface area contributed by atoms with Crippen LogP contribution in [0, 0.1) is 5.92 Å². The lowest BCUT2D eigenvalue weighted by molar-refractivity contribution is -0.127. The summed E-state index contributed by atoms with van der Waals surface area (Å²) in [5.41, 5.74) is 1.85. The summed E-state index contributed by atoms with van der Waals surface area (Å²) in [6, 6.07) is 7.09. The Morgan fingerprint density at radius 3 is 2.81 bits per heavy atom. The number of anilines is 1. The normalized spacial score (nSPS) is 19.5. The SMILES string of the molecule is C[C@H](NC(=O)[C@@H]1C[C@H]1c1nc2ccccc2[nH]1)C(=O)Nc1cnc(Br)cn1. The van der Waals surface area contributed by atoms with Crippen molar-refractivity contribution in [3.8, 4) is 0 Å². The molecule has 3 aromatic rings. The van der Waals surface area contributed by atoms with E-state index in [-0.39, 0.29) is 23.7 Å². The van der Waals surface area contributed by atoms with Crippen LogP contribution < -0.4 is 10.6 Å². The van der Waals surface area contributed by atoms with Crippen LogP contribution in [0.2, 0.25) is 0 Å². The second-order valence-corrected chi connectivity index (χ2v) is 7.34. The summed E-state index contributed by atoms with van der Waals surface area (Å²) < 4.78 is 0.576. The maximum absolute atomic E-state index is 12.4. The molecule has 9 heteroatoms. The number of carbonyl (C=O) groups is 2. The lowest BCUT2D eigenvalue weighted by atomic mass is 10.2. The minimum Gasteiger partial charge on any atom is -0.344 e. The molecule has 2 amide bonds. The van der Waals surface area contributed by atoms with Gasteiger partial charge in [-0.25, -0.2) is 15.0 Å². The summed E-state index contributed by atoms with van der Waals surface area (Å²) in [4.78, 5) is 40.5. The number of halogens is 1. The number of aromatic nitrogens is 4. The van der Waals surface area contributed by atoms with Crippen molar-refractivity contribution < 1.29 is 9.59 Å². The van der Waals surface area contributed by atoms with Crippen molar-refractivity contribution in [2.45, 2.75) is 25.3 Å². The van der Waals surface area contributed by atoms with Crippen LogP contribution >= 0.6 is 15.9 Å². The first-order chi connectivity index (χ1) is 13.0. The standard InChI is InChI=1S/C18H17BrN6O2/c1-9(17(26)25-15-8-20-14(19)7-21-15)22-18(27)11-6-10(11)16-23-12-4-2-3-5-13(12)24-16/h2-5,7-11H,6H2,1H3,(H,22,27)(H,23,24)(H,21,25,26)/t9-,10+,11+/m0/s1. The zero-order chi connectivity index (χ0) is 19.0. The fourth-order valence-corrected chi connectivity index (χ4v) is 3.14. The third-order valence-electron chi connectivity index (χ3n) is 4.51.